The molecule has 5 nitrogen and oxygen atoms in total. The predicted octanol–water partition coefficient (Wildman–Crippen LogP) is 2.16. The molecule has 0 aliphatic carbocycles. The number of hydrogen-bond donors (Lipinski definition) is 2. The van der Waals surface area contributed by atoms with Crippen LogP contribution in [0.25, 0.3) is 10.9 Å². The molecule has 0 unspecified atom stereocenters. The van der Waals surface area contributed by atoms with E-state index in [1.54, 1.807) is 0 Å². The minimum atomic E-state index is -0.417. The standard InChI is InChI=1S/C18H20FN3O2.ClH/c19-13-1-2-16-14(7-13)15(8-17(23)21-16)18(24)22-5-3-11-9-20-10-12(11)4-6-22;/h1-2,7-8,11-12,20H,3-6,9-10H2,(H,21,23);1H/t11-,12+;. The summed E-state index contributed by atoms with van der Waals surface area (Å²) in [5.41, 5.74) is 0.440. The van der Waals surface area contributed by atoms with E-state index in [4.69, 9.17) is 0 Å². The fraction of sp³-hybridized carbons (Fsp3) is 0.444. The maximum absolute atomic E-state index is 13.6. The molecule has 7 heteroatoms. The van der Waals surface area contributed by atoms with Crippen LogP contribution in [0.15, 0.2) is 29.1 Å². The second kappa shape index (κ2) is 7.14. The molecule has 2 aliphatic heterocycles. The first-order valence-electron chi connectivity index (χ1n) is 8.44. The molecule has 1 aromatic carbocycles. The highest BCUT2D eigenvalue weighted by Crippen LogP contribution is 2.28. The number of halogens is 2. The van der Waals surface area contributed by atoms with Crippen LogP contribution < -0.4 is 10.9 Å². The quantitative estimate of drug-likeness (QED) is 0.814. The summed E-state index contributed by atoms with van der Waals surface area (Å²) in [7, 11) is 0. The molecule has 0 spiro atoms. The van der Waals surface area contributed by atoms with Crippen molar-refractivity contribution in [2.45, 2.75) is 12.8 Å². The number of H-pyrrole nitrogens is 1. The van der Waals surface area contributed by atoms with E-state index in [1.165, 1.54) is 24.3 Å². The van der Waals surface area contributed by atoms with Crippen molar-refractivity contribution < 1.29 is 9.18 Å². The van der Waals surface area contributed by atoms with Gasteiger partial charge in [-0.3, -0.25) is 9.59 Å². The number of hydrogen-bond acceptors (Lipinski definition) is 3. The van der Waals surface area contributed by atoms with Crippen molar-refractivity contribution in [2.24, 2.45) is 11.8 Å². The zero-order valence-electron chi connectivity index (χ0n) is 13.8. The lowest BCUT2D eigenvalue weighted by molar-refractivity contribution is 0.0760. The van der Waals surface area contributed by atoms with Crippen LogP contribution in [0.5, 0.6) is 0 Å². The van der Waals surface area contributed by atoms with Gasteiger partial charge in [0.15, 0.2) is 0 Å². The number of rotatable bonds is 1. The number of aromatic amines is 1. The van der Waals surface area contributed by atoms with E-state index >= 15 is 0 Å². The van der Waals surface area contributed by atoms with Crippen LogP contribution in [0.2, 0.25) is 0 Å². The van der Waals surface area contributed by atoms with E-state index < -0.39 is 5.82 Å². The van der Waals surface area contributed by atoms with Gasteiger partial charge in [0.25, 0.3) is 5.91 Å². The number of fused-ring (bicyclic) bond motifs is 2. The molecule has 1 amide bonds. The van der Waals surface area contributed by atoms with E-state index in [0.29, 0.717) is 41.4 Å². The van der Waals surface area contributed by atoms with Crippen molar-refractivity contribution in [3.8, 4) is 0 Å². The molecule has 4 rings (SSSR count). The Morgan fingerprint density at radius 2 is 1.80 bits per heavy atom. The number of amides is 1. The normalized spacial score (nSPS) is 23.0. The van der Waals surface area contributed by atoms with Crippen molar-refractivity contribution in [1.82, 2.24) is 15.2 Å². The van der Waals surface area contributed by atoms with E-state index in [-0.39, 0.29) is 23.9 Å². The molecule has 3 heterocycles. The highest BCUT2D eigenvalue weighted by atomic mass is 35.5. The van der Waals surface area contributed by atoms with Crippen LogP contribution in [0.4, 0.5) is 4.39 Å². The van der Waals surface area contributed by atoms with Gasteiger partial charge in [0, 0.05) is 30.1 Å². The van der Waals surface area contributed by atoms with Gasteiger partial charge in [-0.2, -0.15) is 0 Å². The average molecular weight is 366 g/mol. The van der Waals surface area contributed by atoms with Gasteiger partial charge in [-0.05, 0) is 56.0 Å². The maximum Gasteiger partial charge on any atom is 0.254 e. The Morgan fingerprint density at radius 3 is 2.48 bits per heavy atom. The summed E-state index contributed by atoms with van der Waals surface area (Å²) < 4.78 is 13.6. The lowest BCUT2D eigenvalue weighted by Crippen LogP contribution is -2.33. The Morgan fingerprint density at radius 1 is 1.12 bits per heavy atom. The molecule has 0 bridgehead atoms. The van der Waals surface area contributed by atoms with Crippen LogP contribution in [0.3, 0.4) is 0 Å². The van der Waals surface area contributed by atoms with E-state index in [9.17, 15) is 14.0 Å². The first-order valence-corrected chi connectivity index (χ1v) is 8.44. The minimum absolute atomic E-state index is 0. The van der Waals surface area contributed by atoms with Gasteiger partial charge in [0.2, 0.25) is 5.56 Å². The highest BCUT2D eigenvalue weighted by Gasteiger charge is 2.32. The van der Waals surface area contributed by atoms with E-state index in [0.717, 1.165) is 25.9 Å². The fourth-order valence-corrected chi connectivity index (χ4v) is 3.99. The molecule has 0 radical (unpaired) electrons. The van der Waals surface area contributed by atoms with Crippen LogP contribution in [0, 0.1) is 17.7 Å². The molecule has 0 saturated carbocycles. The number of carbonyl (C=O) groups excluding carboxylic acids is 1. The van der Waals surface area contributed by atoms with Gasteiger partial charge in [0.05, 0.1) is 5.56 Å². The van der Waals surface area contributed by atoms with Crippen molar-refractivity contribution in [3.05, 3.63) is 46.0 Å². The molecule has 1 aromatic heterocycles. The molecule has 2 aromatic rings. The second-order valence-electron chi connectivity index (χ2n) is 6.79. The van der Waals surface area contributed by atoms with E-state index in [2.05, 4.69) is 10.3 Å². The third-order valence-corrected chi connectivity index (χ3v) is 5.34. The lowest BCUT2D eigenvalue weighted by atomic mass is 9.92. The zero-order chi connectivity index (χ0) is 16.7. The van der Waals surface area contributed by atoms with Crippen molar-refractivity contribution >= 4 is 29.2 Å². The Balaban J connectivity index is 0.00000182. The zero-order valence-corrected chi connectivity index (χ0v) is 14.6. The number of likely N-dealkylation sites (tertiary alicyclic amines) is 1. The number of carbonyl (C=O) groups is 1. The second-order valence-corrected chi connectivity index (χ2v) is 6.79. The predicted molar refractivity (Wildman–Crippen MR) is 96.8 cm³/mol. The number of nitrogens with zero attached hydrogens (tertiary/aromatic N) is 1. The van der Waals surface area contributed by atoms with Gasteiger partial charge in [-0.1, -0.05) is 0 Å². The molecule has 2 aliphatic rings. The number of pyridine rings is 1. The maximum atomic E-state index is 13.6. The summed E-state index contributed by atoms with van der Waals surface area (Å²) in [6, 6.07) is 5.39. The number of aromatic nitrogens is 1. The average Bonchev–Trinajstić information content (AvgIpc) is 2.92. The summed E-state index contributed by atoms with van der Waals surface area (Å²) in [6.07, 6.45) is 1.94. The Bertz CT molecular complexity index is 840. The van der Waals surface area contributed by atoms with Crippen LogP contribution in [-0.2, 0) is 0 Å². The Labute approximate surface area is 151 Å². The first kappa shape index (κ1) is 17.9. The topological polar surface area (TPSA) is 65.2 Å². The smallest absolute Gasteiger partial charge is 0.254 e. The summed E-state index contributed by atoms with van der Waals surface area (Å²) in [6.45, 7) is 3.41. The van der Waals surface area contributed by atoms with E-state index in [1.807, 2.05) is 4.90 Å². The highest BCUT2D eigenvalue weighted by molar-refractivity contribution is 6.06. The molecular formula is C18H21ClFN3O2. The monoisotopic (exact) mass is 365 g/mol. The molecule has 2 saturated heterocycles. The largest absolute Gasteiger partial charge is 0.339 e. The Hall–Kier alpha value is -1.92. The van der Waals surface area contributed by atoms with Crippen LogP contribution in [-0.4, -0.2) is 42.0 Å². The third-order valence-electron chi connectivity index (χ3n) is 5.34. The SMILES string of the molecule is Cl.O=C(c1cc(=O)[nH]c2ccc(F)cc12)N1CC[C@@H]2CNC[C@@H]2CC1. The summed E-state index contributed by atoms with van der Waals surface area (Å²) >= 11 is 0. The third kappa shape index (κ3) is 3.41. The molecular weight excluding hydrogens is 345 g/mol. The molecule has 2 fully saturated rings. The fourth-order valence-electron chi connectivity index (χ4n) is 3.99. The van der Waals surface area contributed by atoms with Crippen molar-refractivity contribution in [1.29, 1.82) is 0 Å². The van der Waals surface area contributed by atoms with Gasteiger partial charge in [-0.15, -0.1) is 12.4 Å². The molecule has 2 N–H and O–H groups in total. The van der Waals surface area contributed by atoms with Gasteiger partial charge < -0.3 is 15.2 Å². The molecule has 134 valence electrons. The summed E-state index contributed by atoms with van der Waals surface area (Å²) in [5, 5.41) is 3.88. The van der Waals surface area contributed by atoms with Crippen LogP contribution >= 0.6 is 12.4 Å². The number of nitrogens with one attached hydrogen (secondary N) is 2. The van der Waals surface area contributed by atoms with Crippen molar-refractivity contribution in [3.63, 3.8) is 0 Å². The summed E-state index contributed by atoms with van der Waals surface area (Å²) in [5.74, 6) is 0.650. The van der Waals surface area contributed by atoms with Gasteiger partial charge >= 0.3 is 0 Å². The minimum Gasteiger partial charge on any atom is -0.339 e. The molecule has 2 atom stereocenters. The van der Waals surface area contributed by atoms with Gasteiger partial charge in [0.1, 0.15) is 5.82 Å². The lowest BCUT2D eigenvalue weighted by Gasteiger charge is -2.21. The summed E-state index contributed by atoms with van der Waals surface area (Å²) in [4.78, 5) is 29.3. The van der Waals surface area contributed by atoms with Crippen LogP contribution in [0.1, 0.15) is 23.2 Å². The first-order chi connectivity index (χ1) is 11.6. The number of benzene rings is 1. The molecule has 25 heavy (non-hydrogen) atoms. The Kier molecular flexibility index (Phi) is 5.11. The van der Waals surface area contributed by atoms with Gasteiger partial charge in [-0.25, -0.2) is 4.39 Å². The van der Waals surface area contributed by atoms with Crippen molar-refractivity contribution in [2.75, 3.05) is 26.2 Å².